The van der Waals surface area contributed by atoms with Gasteiger partial charge in [0.2, 0.25) is 0 Å². The second-order valence-corrected chi connectivity index (χ2v) is 4.60. The number of benzene rings is 1. The smallest absolute Gasteiger partial charge is 0.0263 e. The second-order valence-electron chi connectivity index (χ2n) is 4.60. The van der Waals surface area contributed by atoms with Crippen LogP contribution in [-0.2, 0) is 0 Å². The summed E-state index contributed by atoms with van der Waals surface area (Å²) in [6.07, 6.45) is 15.5. The summed E-state index contributed by atoms with van der Waals surface area (Å²) in [6.45, 7) is 3.75. The second kappa shape index (κ2) is 5.55. The summed E-state index contributed by atoms with van der Waals surface area (Å²) in [4.78, 5) is 0. The van der Waals surface area contributed by atoms with Crippen LogP contribution in [0, 0.1) is 24.2 Å². The highest BCUT2D eigenvalue weighted by Gasteiger charge is 2.22. The Hall–Kier alpha value is -1.74. The molecule has 0 nitrogen and oxygen atoms in total. The molecule has 1 unspecified atom stereocenters. The van der Waals surface area contributed by atoms with Crippen LogP contribution in [0.5, 0.6) is 0 Å². The Morgan fingerprint density at radius 3 is 2.53 bits per heavy atom. The van der Waals surface area contributed by atoms with E-state index in [9.17, 15) is 0 Å². The van der Waals surface area contributed by atoms with Crippen molar-refractivity contribution in [3.63, 3.8) is 0 Å². The van der Waals surface area contributed by atoms with Crippen molar-refractivity contribution >= 4 is 12.2 Å². The van der Waals surface area contributed by atoms with Gasteiger partial charge in [-0.3, -0.25) is 0 Å². The number of rotatable bonds is 3. The maximum absolute atomic E-state index is 5.54. The van der Waals surface area contributed by atoms with Crippen LogP contribution in [0.1, 0.15) is 30.4 Å². The van der Waals surface area contributed by atoms with Crippen molar-refractivity contribution in [2.75, 3.05) is 0 Å². The van der Waals surface area contributed by atoms with E-state index in [1.807, 2.05) is 6.08 Å². The first kappa shape index (κ1) is 11.7. The highest BCUT2D eigenvalue weighted by Crippen LogP contribution is 2.32. The lowest BCUT2D eigenvalue weighted by Crippen LogP contribution is -2.01. The fourth-order valence-corrected chi connectivity index (χ4v) is 2.40. The first-order chi connectivity index (χ1) is 8.33. The predicted octanol–water partition coefficient (Wildman–Crippen LogP) is 4.39. The van der Waals surface area contributed by atoms with Crippen LogP contribution >= 0.6 is 0 Å². The van der Waals surface area contributed by atoms with E-state index in [0.717, 1.165) is 5.56 Å². The van der Waals surface area contributed by atoms with Gasteiger partial charge in [0.05, 0.1) is 0 Å². The topological polar surface area (TPSA) is 0 Å². The number of hydrogen-bond donors (Lipinski definition) is 0. The number of hydrogen-bond acceptors (Lipinski definition) is 0. The van der Waals surface area contributed by atoms with E-state index in [1.165, 1.54) is 24.8 Å². The van der Waals surface area contributed by atoms with Crippen LogP contribution in [0.2, 0.25) is 0 Å². The summed E-state index contributed by atoms with van der Waals surface area (Å²) >= 11 is 0. The molecule has 0 spiro atoms. The highest BCUT2D eigenvalue weighted by atomic mass is 14.3. The quantitative estimate of drug-likeness (QED) is 0.665. The molecule has 0 radical (unpaired) electrons. The van der Waals surface area contributed by atoms with Crippen molar-refractivity contribution < 1.29 is 0 Å². The van der Waals surface area contributed by atoms with Crippen molar-refractivity contribution in [1.82, 2.24) is 0 Å². The normalized spacial score (nSPS) is 23.7. The third kappa shape index (κ3) is 2.88. The van der Waals surface area contributed by atoms with Gasteiger partial charge in [-0.1, -0.05) is 55.5 Å². The highest BCUT2D eigenvalue weighted by molar-refractivity contribution is 5.55. The molecule has 0 saturated heterocycles. The fourth-order valence-electron chi connectivity index (χ4n) is 2.40. The molecule has 0 aliphatic heterocycles. The van der Waals surface area contributed by atoms with Gasteiger partial charge in [0.15, 0.2) is 0 Å². The summed E-state index contributed by atoms with van der Waals surface area (Å²) < 4.78 is 0. The third-order valence-corrected chi connectivity index (χ3v) is 3.49. The molecule has 1 aromatic rings. The van der Waals surface area contributed by atoms with Crippen molar-refractivity contribution in [3.05, 3.63) is 48.0 Å². The maximum Gasteiger partial charge on any atom is 0.0263 e. The van der Waals surface area contributed by atoms with Gasteiger partial charge < -0.3 is 0 Å². The summed E-state index contributed by atoms with van der Waals surface area (Å²) in [6, 6.07) is 8.40. The van der Waals surface area contributed by atoms with Crippen molar-refractivity contribution in [2.24, 2.45) is 11.8 Å². The molecular formula is C17H18. The van der Waals surface area contributed by atoms with Crippen LogP contribution in [0.4, 0.5) is 0 Å². The Kier molecular flexibility index (Phi) is 3.83. The van der Waals surface area contributed by atoms with E-state index in [0.29, 0.717) is 11.8 Å². The minimum absolute atomic E-state index is 0.443. The first-order valence-electron chi connectivity index (χ1n) is 6.20. The minimum atomic E-state index is 0.443. The zero-order valence-electron chi connectivity index (χ0n) is 10.1. The molecule has 1 aliphatic rings. The zero-order valence-corrected chi connectivity index (χ0v) is 10.1. The molecular weight excluding hydrogens is 204 g/mol. The molecule has 0 bridgehead atoms. The van der Waals surface area contributed by atoms with Gasteiger partial charge in [0.1, 0.15) is 0 Å². The first-order valence-corrected chi connectivity index (χ1v) is 6.20. The van der Waals surface area contributed by atoms with E-state index < -0.39 is 0 Å². The van der Waals surface area contributed by atoms with Crippen LogP contribution in [0.3, 0.4) is 0 Å². The molecule has 0 aromatic heterocycles. The third-order valence-electron chi connectivity index (χ3n) is 3.49. The van der Waals surface area contributed by atoms with E-state index in [4.69, 9.17) is 6.42 Å². The summed E-state index contributed by atoms with van der Waals surface area (Å²) in [5.41, 5.74) is 2.39. The van der Waals surface area contributed by atoms with Crippen molar-refractivity contribution in [3.8, 4) is 12.3 Å². The predicted molar refractivity (Wildman–Crippen MR) is 75.2 cm³/mol. The van der Waals surface area contributed by atoms with Gasteiger partial charge in [-0.25, -0.2) is 0 Å². The standard InChI is InChI=1S/C17H18/c1-3-14-8-10-15(11-9-14)12-13-17-7-5-6-16(17)4-2/h2-3,8-13,16-17H,1,5-7H2/t16?,17-/m1/s1. The minimum Gasteiger partial charge on any atom is -0.120 e. The molecule has 86 valence electrons. The summed E-state index contributed by atoms with van der Waals surface area (Å²) in [7, 11) is 0. The number of terminal acetylenes is 1. The Bertz CT molecular complexity index is 442. The van der Waals surface area contributed by atoms with E-state index in [2.05, 4.69) is 48.9 Å². The molecule has 1 aliphatic carbocycles. The lowest BCUT2D eigenvalue weighted by Gasteiger charge is -2.08. The molecule has 1 aromatic carbocycles. The fraction of sp³-hybridized carbons (Fsp3) is 0.294. The van der Waals surface area contributed by atoms with E-state index >= 15 is 0 Å². The molecule has 1 fully saturated rings. The average molecular weight is 222 g/mol. The molecule has 0 heteroatoms. The molecule has 0 heterocycles. The van der Waals surface area contributed by atoms with Gasteiger partial charge in [-0.2, -0.15) is 0 Å². The average Bonchev–Trinajstić information content (AvgIpc) is 2.84. The van der Waals surface area contributed by atoms with Crippen molar-refractivity contribution in [2.45, 2.75) is 19.3 Å². The lowest BCUT2D eigenvalue weighted by molar-refractivity contribution is 0.579. The summed E-state index contributed by atoms with van der Waals surface area (Å²) in [5, 5.41) is 0. The van der Waals surface area contributed by atoms with Crippen molar-refractivity contribution in [1.29, 1.82) is 0 Å². The van der Waals surface area contributed by atoms with Gasteiger partial charge in [-0.05, 0) is 29.9 Å². The number of allylic oxidation sites excluding steroid dienone is 1. The maximum atomic E-state index is 5.54. The Labute approximate surface area is 104 Å². The van der Waals surface area contributed by atoms with E-state index in [-0.39, 0.29) is 0 Å². The van der Waals surface area contributed by atoms with Gasteiger partial charge in [0, 0.05) is 5.92 Å². The zero-order chi connectivity index (χ0) is 12.1. The Morgan fingerprint density at radius 1 is 1.18 bits per heavy atom. The van der Waals surface area contributed by atoms with Crippen LogP contribution in [0.25, 0.3) is 12.2 Å². The monoisotopic (exact) mass is 222 g/mol. The van der Waals surface area contributed by atoms with Crippen LogP contribution in [-0.4, -0.2) is 0 Å². The van der Waals surface area contributed by atoms with Crippen LogP contribution < -0.4 is 0 Å². The summed E-state index contributed by atoms with van der Waals surface area (Å²) in [5.74, 6) is 3.92. The Morgan fingerprint density at radius 2 is 1.88 bits per heavy atom. The molecule has 0 N–H and O–H groups in total. The largest absolute Gasteiger partial charge is 0.120 e. The molecule has 0 amide bonds. The molecule has 2 rings (SSSR count). The molecule has 2 atom stereocenters. The molecule has 1 saturated carbocycles. The Balaban J connectivity index is 2.04. The SMILES string of the molecule is C#CC1CCC[C@@H]1C=Cc1ccc(C=C)cc1. The van der Waals surface area contributed by atoms with E-state index in [1.54, 1.807) is 0 Å². The van der Waals surface area contributed by atoms with Crippen LogP contribution in [0.15, 0.2) is 36.9 Å². The van der Waals surface area contributed by atoms with Gasteiger partial charge in [0.25, 0.3) is 0 Å². The lowest BCUT2D eigenvalue weighted by atomic mass is 9.96. The van der Waals surface area contributed by atoms with Gasteiger partial charge >= 0.3 is 0 Å². The molecule has 17 heavy (non-hydrogen) atoms. The van der Waals surface area contributed by atoms with Gasteiger partial charge in [-0.15, -0.1) is 12.3 Å².